The van der Waals surface area contributed by atoms with Crippen LogP contribution >= 0.6 is 7.81 Å². The molecule has 0 aliphatic rings. The zero-order chi connectivity index (χ0) is 43.0. The summed E-state index contributed by atoms with van der Waals surface area (Å²) in [6.45, 7) is 13.3. The van der Waals surface area contributed by atoms with Crippen molar-refractivity contribution in [2.24, 2.45) is 0 Å². The molecule has 0 saturated heterocycles. The summed E-state index contributed by atoms with van der Waals surface area (Å²) in [6.07, 6.45) is 5.68. The third-order valence-corrected chi connectivity index (χ3v) is 7.20. The molecule has 4 aromatic heterocycles. The average Bonchev–Trinajstić information content (AvgIpc) is 3.08. The molecule has 6 aromatic rings. The summed E-state index contributed by atoms with van der Waals surface area (Å²) in [5, 5.41) is 0. The Hall–Kier alpha value is -4.72. The van der Waals surface area contributed by atoms with Crippen LogP contribution in [0.4, 0.5) is 51.5 Å². The van der Waals surface area contributed by atoms with Crippen molar-refractivity contribution < 1.29 is 71.6 Å². The van der Waals surface area contributed by atoms with Gasteiger partial charge in [0.1, 0.15) is 11.6 Å². The molecular formula is C40H34F12IrN4P. The van der Waals surface area contributed by atoms with E-state index >= 15 is 0 Å². The van der Waals surface area contributed by atoms with Crippen LogP contribution in [0.2, 0.25) is 0 Å². The maximum absolute atomic E-state index is 13.2. The van der Waals surface area contributed by atoms with Crippen LogP contribution in [0, 0.1) is 47.0 Å². The van der Waals surface area contributed by atoms with Crippen molar-refractivity contribution >= 4 is 7.81 Å². The van der Waals surface area contributed by atoms with E-state index in [0.717, 1.165) is 60.2 Å². The van der Waals surface area contributed by atoms with Gasteiger partial charge in [-0.3, -0.25) is 27.5 Å². The summed E-state index contributed by atoms with van der Waals surface area (Å²) >= 11 is 0. The van der Waals surface area contributed by atoms with Gasteiger partial charge in [-0.2, -0.15) is 0 Å². The second-order valence-electron chi connectivity index (χ2n) is 14.1. The Labute approximate surface area is 340 Å². The summed E-state index contributed by atoms with van der Waals surface area (Å²) in [5.41, 5.74) is 5.19. The first kappa shape index (κ1) is 49.4. The average molecular weight is 1020 g/mol. The maximum atomic E-state index is 13.2. The van der Waals surface area contributed by atoms with Crippen LogP contribution in [0.15, 0.2) is 97.6 Å². The fourth-order valence-electron chi connectivity index (χ4n) is 4.40. The van der Waals surface area contributed by atoms with Crippen LogP contribution in [0.3, 0.4) is 0 Å². The van der Waals surface area contributed by atoms with E-state index in [4.69, 9.17) is 0 Å². The predicted molar refractivity (Wildman–Crippen MR) is 195 cm³/mol. The molecule has 0 spiro atoms. The minimum Gasteiger partial charge on any atom is -0.302 e. The number of rotatable bonds is 3. The van der Waals surface area contributed by atoms with Gasteiger partial charge in [0.05, 0.1) is 23.8 Å². The van der Waals surface area contributed by atoms with E-state index < -0.39 is 42.7 Å². The SMILES string of the molecule is CC(C)(C)c1ccnc(-c2cc(C(C)(C)C)ccn2)c1.F[P-](F)(F)(F)(F)F.Fc1ccc(-c2[c-]cc(F)cc2F)nc1.Fc1ccc(-c2[c-]cc(F)cc2F)nc1.[Ir+3]. The van der Waals surface area contributed by atoms with Gasteiger partial charge in [-0.1, -0.05) is 76.9 Å². The molecule has 4 heterocycles. The number of pyridine rings is 4. The molecule has 2 aromatic carbocycles. The van der Waals surface area contributed by atoms with E-state index in [1.807, 2.05) is 12.4 Å². The van der Waals surface area contributed by atoms with Crippen molar-refractivity contribution in [2.75, 3.05) is 0 Å². The predicted octanol–water partition coefficient (Wildman–Crippen LogP) is 14.1. The van der Waals surface area contributed by atoms with Gasteiger partial charge < -0.3 is 9.97 Å². The summed E-state index contributed by atoms with van der Waals surface area (Å²) in [6, 6.07) is 21.7. The topological polar surface area (TPSA) is 51.6 Å². The summed E-state index contributed by atoms with van der Waals surface area (Å²) < 4.78 is 136. The minimum absolute atomic E-state index is 0. The van der Waals surface area contributed by atoms with Gasteiger partial charge in [0, 0.05) is 35.7 Å². The van der Waals surface area contributed by atoms with E-state index in [1.165, 1.54) is 23.3 Å². The number of hydrogen-bond acceptors (Lipinski definition) is 4. The van der Waals surface area contributed by atoms with Crippen LogP contribution in [0.5, 0.6) is 0 Å². The van der Waals surface area contributed by atoms with Gasteiger partial charge in [-0.25, -0.2) is 8.78 Å². The van der Waals surface area contributed by atoms with E-state index in [9.17, 15) is 51.5 Å². The molecule has 0 unspecified atom stereocenters. The molecule has 0 amide bonds. The smallest absolute Gasteiger partial charge is 0.302 e. The van der Waals surface area contributed by atoms with E-state index in [-0.39, 0.29) is 53.5 Å². The first-order valence-corrected chi connectivity index (χ1v) is 18.5. The molecule has 18 heteroatoms. The second kappa shape index (κ2) is 18.5. The maximum Gasteiger partial charge on any atom is 3.00 e. The summed E-state index contributed by atoms with van der Waals surface area (Å²) in [5.74, 6) is -3.98. The first-order valence-electron chi connectivity index (χ1n) is 16.4. The summed E-state index contributed by atoms with van der Waals surface area (Å²) in [4.78, 5) is 16.3. The van der Waals surface area contributed by atoms with E-state index in [0.29, 0.717) is 0 Å². The third-order valence-electron chi connectivity index (χ3n) is 7.20. The number of nitrogens with zero attached hydrogens (tertiary/aromatic N) is 4. The first-order chi connectivity index (χ1) is 26.0. The van der Waals surface area contributed by atoms with Crippen LogP contribution in [-0.4, -0.2) is 19.9 Å². The van der Waals surface area contributed by atoms with Crippen molar-refractivity contribution in [3.05, 3.63) is 156 Å². The van der Waals surface area contributed by atoms with Gasteiger partial charge in [-0.05, 0) is 69.7 Å². The summed E-state index contributed by atoms with van der Waals surface area (Å²) in [7, 11) is -10.7. The molecule has 4 nitrogen and oxygen atoms in total. The van der Waals surface area contributed by atoms with Gasteiger partial charge in [0.25, 0.3) is 0 Å². The number of aromatic nitrogens is 4. The quantitative estimate of drug-likeness (QED) is 0.101. The number of benzene rings is 2. The van der Waals surface area contributed by atoms with E-state index in [2.05, 4.69) is 97.9 Å². The number of halogens is 12. The zero-order valence-electron chi connectivity index (χ0n) is 31.3. The molecule has 0 fully saturated rings. The van der Waals surface area contributed by atoms with Crippen LogP contribution in [0.1, 0.15) is 52.7 Å². The molecule has 0 saturated carbocycles. The Kier molecular flexibility index (Phi) is 15.7. The normalized spacial score (nSPS) is 12.4. The Morgan fingerprint density at radius 2 is 0.776 bits per heavy atom. The van der Waals surface area contributed by atoms with Crippen LogP contribution < -0.4 is 0 Å². The Bertz CT molecular complexity index is 2120. The van der Waals surface area contributed by atoms with Crippen molar-refractivity contribution in [3.63, 3.8) is 0 Å². The molecular weight excluding hydrogens is 988 g/mol. The molecule has 312 valence electrons. The van der Waals surface area contributed by atoms with Crippen LogP contribution in [0.25, 0.3) is 33.9 Å². The third kappa shape index (κ3) is 17.8. The van der Waals surface area contributed by atoms with Gasteiger partial charge in [-0.15, -0.1) is 24.3 Å². The van der Waals surface area contributed by atoms with Crippen LogP contribution in [-0.2, 0) is 30.9 Å². The molecule has 58 heavy (non-hydrogen) atoms. The zero-order valence-corrected chi connectivity index (χ0v) is 34.6. The Morgan fingerprint density at radius 1 is 0.448 bits per heavy atom. The van der Waals surface area contributed by atoms with Crippen molar-refractivity contribution in [1.29, 1.82) is 0 Å². The van der Waals surface area contributed by atoms with Crippen molar-refractivity contribution in [3.8, 4) is 33.9 Å². The minimum atomic E-state index is -10.7. The van der Waals surface area contributed by atoms with Gasteiger partial charge in [0.15, 0.2) is 0 Å². The second-order valence-corrected chi connectivity index (χ2v) is 16.0. The van der Waals surface area contributed by atoms with Gasteiger partial charge >= 0.3 is 53.1 Å². The molecule has 0 aliphatic heterocycles. The molecule has 0 bridgehead atoms. The molecule has 6 rings (SSSR count). The van der Waals surface area contributed by atoms with Crippen molar-refractivity contribution in [1.82, 2.24) is 19.9 Å². The fourth-order valence-corrected chi connectivity index (χ4v) is 4.40. The molecule has 0 atom stereocenters. The molecule has 0 N–H and O–H groups in total. The van der Waals surface area contributed by atoms with E-state index in [1.54, 1.807) is 0 Å². The fraction of sp³-hybridized carbons (Fsp3) is 0.200. The Morgan fingerprint density at radius 3 is 1.03 bits per heavy atom. The standard InChI is InChI=1S/C18H24N2.2C11H5F3N.F6P.Ir/c1-17(2,3)13-7-9-19-15(11-13)16-12-14(8-10-20-16)18(4,5)6;2*12-7-1-3-9(10(14)5-7)11-4-2-8(13)6-15-11;1-7(2,3,4,5)6;/h7-12H,1-6H3;2*1-2,4-6H;;/q;3*-1;+3. The van der Waals surface area contributed by atoms with Gasteiger partial charge in [0.2, 0.25) is 0 Å². The van der Waals surface area contributed by atoms with Crippen molar-refractivity contribution in [2.45, 2.75) is 52.4 Å². The largest absolute Gasteiger partial charge is 3.00 e. The Balaban J connectivity index is 0.000000278. The number of hydrogen-bond donors (Lipinski definition) is 0. The molecule has 0 aliphatic carbocycles. The monoisotopic (exact) mass is 1020 g/mol. The molecule has 0 radical (unpaired) electrons.